The lowest BCUT2D eigenvalue weighted by Gasteiger charge is -2.25. The van der Waals surface area contributed by atoms with Gasteiger partial charge in [0.1, 0.15) is 23.3 Å². The van der Waals surface area contributed by atoms with Crippen molar-refractivity contribution < 1.29 is 13.5 Å². The van der Waals surface area contributed by atoms with Gasteiger partial charge < -0.3 is 10.1 Å². The van der Waals surface area contributed by atoms with Crippen molar-refractivity contribution in [1.29, 1.82) is 0 Å². The molecule has 1 aliphatic rings. The van der Waals surface area contributed by atoms with Crippen LogP contribution in [0.4, 0.5) is 8.78 Å². The molecule has 0 unspecified atom stereocenters. The van der Waals surface area contributed by atoms with Crippen molar-refractivity contribution in [2.75, 3.05) is 13.1 Å². The molecule has 1 aromatic carbocycles. The van der Waals surface area contributed by atoms with E-state index in [1.54, 1.807) is 12.4 Å². The molecule has 2 atom stereocenters. The topological polar surface area (TPSA) is 47.0 Å². The molecule has 2 aromatic rings. The van der Waals surface area contributed by atoms with Crippen LogP contribution in [0.15, 0.2) is 30.9 Å². The van der Waals surface area contributed by atoms with Crippen LogP contribution in [-0.4, -0.2) is 23.1 Å². The molecule has 1 aliphatic heterocycles. The number of ether oxygens (including phenoxy) is 1. The zero-order valence-corrected chi connectivity index (χ0v) is 12.4. The van der Waals surface area contributed by atoms with Gasteiger partial charge in [-0.3, -0.25) is 0 Å². The van der Waals surface area contributed by atoms with Gasteiger partial charge in [0.2, 0.25) is 0 Å². The average molecular weight is 326 g/mol. The van der Waals surface area contributed by atoms with Crippen LogP contribution in [-0.2, 0) is 0 Å². The van der Waals surface area contributed by atoms with Crippen LogP contribution >= 0.6 is 11.6 Å². The van der Waals surface area contributed by atoms with Gasteiger partial charge in [0.05, 0.1) is 0 Å². The van der Waals surface area contributed by atoms with Crippen LogP contribution in [0.5, 0.6) is 5.75 Å². The highest BCUT2D eigenvalue weighted by molar-refractivity contribution is 6.32. The number of hydrogen-bond acceptors (Lipinski definition) is 4. The summed E-state index contributed by atoms with van der Waals surface area (Å²) in [6.45, 7) is 1.56. The largest absolute Gasteiger partial charge is 0.481 e. The SMILES string of the molecule is Fc1ccc(F)c(O[C@@H](c2cncnc2)[C@H]2CCNC2)c1Cl. The fraction of sp³-hybridized carbons (Fsp3) is 0.333. The number of halogens is 3. The molecule has 0 spiro atoms. The van der Waals surface area contributed by atoms with Gasteiger partial charge in [0.15, 0.2) is 11.6 Å². The van der Waals surface area contributed by atoms with Crippen molar-refractivity contribution in [2.24, 2.45) is 5.92 Å². The van der Waals surface area contributed by atoms with Crippen LogP contribution in [0.2, 0.25) is 5.02 Å². The first kappa shape index (κ1) is 15.1. The number of aromatic nitrogens is 2. The first-order chi connectivity index (χ1) is 10.7. The van der Waals surface area contributed by atoms with Gasteiger partial charge in [0, 0.05) is 30.4 Å². The van der Waals surface area contributed by atoms with E-state index in [-0.39, 0.29) is 16.7 Å². The van der Waals surface area contributed by atoms with E-state index in [0.717, 1.165) is 25.1 Å². The van der Waals surface area contributed by atoms with Gasteiger partial charge in [-0.2, -0.15) is 0 Å². The molecule has 0 radical (unpaired) electrons. The molecule has 22 heavy (non-hydrogen) atoms. The van der Waals surface area contributed by atoms with Gasteiger partial charge in [-0.25, -0.2) is 18.7 Å². The normalized spacial score (nSPS) is 19.1. The smallest absolute Gasteiger partial charge is 0.177 e. The summed E-state index contributed by atoms with van der Waals surface area (Å²) in [5.74, 6) is -1.59. The zero-order chi connectivity index (χ0) is 15.5. The second-order valence-corrected chi connectivity index (χ2v) is 5.51. The first-order valence-electron chi connectivity index (χ1n) is 6.92. The lowest BCUT2D eigenvalue weighted by Crippen LogP contribution is -2.22. The summed E-state index contributed by atoms with van der Waals surface area (Å²) in [6.07, 6.45) is 4.99. The molecule has 1 saturated heterocycles. The Kier molecular flexibility index (Phi) is 4.49. The Balaban J connectivity index is 1.95. The lowest BCUT2D eigenvalue weighted by molar-refractivity contribution is 0.137. The number of hydrogen-bond donors (Lipinski definition) is 1. The summed E-state index contributed by atoms with van der Waals surface area (Å²) >= 11 is 5.85. The molecule has 2 heterocycles. The summed E-state index contributed by atoms with van der Waals surface area (Å²) < 4.78 is 33.3. The highest BCUT2D eigenvalue weighted by atomic mass is 35.5. The van der Waals surface area contributed by atoms with Gasteiger partial charge in [-0.05, 0) is 25.1 Å². The third kappa shape index (κ3) is 3.03. The van der Waals surface area contributed by atoms with E-state index in [9.17, 15) is 8.78 Å². The van der Waals surface area contributed by atoms with Gasteiger partial charge >= 0.3 is 0 Å². The summed E-state index contributed by atoms with van der Waals surface area (Å²) in [7, 11) is 0. The van der Waals surface area contributed by atoms with E-state index in [2.05, 4.69) is 15.3 Å². The molecule has 3 rings (SSSR count). The van der Waals surface area contributed by atoms with Crippen LogP contribution in [0, 0.1) is 17.6 Å². The minimum Gasteiger partial charge on any atom is -0.481 e. The molecule has 116 valence electrons. The van der Waals surface area contributed by atoms with Gasteiger partial charge in [-0.15, -0.1) is 0 Å². The molecule has 0 bridgehead atoms. The highest BCUT2D eigenvalue weighted by Gasteiger charge is 2.30. The minimum atomic E-state index is -0.717. The number of nitrogens with zero attached hydrogens (tertiary/aromatic N) is 2. The standard InChI is InChI=1S/C15H14ClF2N3O/c16-13-11(17)1-2-12(18)15(13)22-14(9-3-4-19-5-9)10-6-20-8-21-7-10/h1-2,6-9,14,19H,3-5H2/t9-,14+/m0/s1. The first-order valence-corrected chi connectivity index (χ1v) is 7.30. The van der Waals surface area contributed by atoms with Crippen molar-refractivity contribution in [2.45, 2.75) is 12.5 Å². The molecule has 1 fully saturated rings. The number of benzene rings is 1. The van der Waals surface area contributed by atoms with E-state index in [0.29, 0.717) is 12.1 Å². The van der Waals surface area contributed by atoms with E-state index >= 15 is 0 Å². The van der Waals surface area contributed by atoms with Gasteiger partial charge in [-0.1, -0.05) is 11.6 Å². The van der Waals surface area contributed by atoms with Crippen LogP contribution < -0.4 is 10.1 Å². The van der Waals surface area contributed by atoms with E-state index in [1.807, 2.05) is 0 Å². The fourth-order valence-corrected chi connectivity index (χ4v) is 2.77. The lowest BCUT2D eigenvalue weighted by atomic mass is 9.96. The predicted octanol–water partition coefficient (Wildman–Crippen LogP) is 3.14. The Morgan fingerprint density at radius 1 is 1.23 bits per heavy atom. The fourth-order valence-electron chi connectivity index (χ4n) is 2.57. The maximum atomic E-state index is 14.0. The Morgan fingerprint density at radius 2 is 1.95 bits per heavy atom. The molecule has 4 nitrogen and oxygen atoms in total. The van der Waals surface area contributed by atoms with Gasteiger partial charge in [0.25, 0.3) is 0 Å². The molecule has 1 aromatic heterocycles. The van der Waals surface area contributed by atoms with E-state index < -0.39 is 17.7 Å². The molecule has 0 amide bonds. The van der Waals surface area contributed by atoms with Crippen molar-refractivity contribution in [1.82, 2.24) is 15.3 Å². The third-order valence-electron chi connectivity index (χ3n) is 3.68. The monoisotopic (exact) mass is 325 g/mol. The Labute approximate surface area is 131 Å². The number of nitrogens with one attached hydrogen (secondary N) is 1. The van der Waals surface area contributed by atoms with Crippen LogP contribution in [0.25, 0.3) is 0 Å². The van der Waals surface area contributed by atoms with Crippen molar-refractivity contribution >= 4 is 11.6 Å². The van der Waals surface area contributed by atoms with E-state index in [4.69, 9.17) is 16.3 Å². The second kappa shape index (κ2) is 6.54. The van der Waals surface area contributed by atoms with Crippen molar-refractivity contribution in [3.63, 3.8) is 0 Å². The molecule has 0 saturated carbocycles. The molecule has 1 N–H and O–H groups in total. The summed E-state index contributed by atoms with van der Waals surface area (Å²) in [5, 5.41) is 2.87. The average Bonchev–Trinajstić information content (AvgIpc) is 3.06. The van der Waals surface area contributed by atoms with E-state index in [1.165, 1.54) is 6.33 Å². The summed E-state index contributed by atoms with van der Waals surface area (Å²) in [5.41, 5.74) is 0.705. The third-order valence-corrected chi connectivity index (χ3v) is 4.03. The molecule has 0 aliphatic carbocycles. The van der Waals surface area contributed by atoms with Crippen molar-refractivity contribution in [3.8, 4) is 5.75 Å². The quantitative estimate of drug-likeness (QED) is 0.877. The molecule has 7 heteroatoms. The maximum absolute atomic E-state index is 14.0. The Hall–Kier alpha value is -1.79. The number of rotatable bonds is 4. The maximum Gasteiger partial charge on any atom is 0.177 e. The summed E-state index contributed by atoms with van der Waals surface area (Å²) in [4.78, 5) is 7.94. The van der Waals surface area contributed by atoms with Crippen LogP contribution in [0.1, 0.15) is 18.1 Å². The Morgan fingerprint density at radius 3 is 2.64 bits per heavy atom. The molecular weight excluding hydrogens is 312 g/mol. The van der Waals surface area contributed by atoms with Crippen molar-refractivity contribution in [3.05, 3.63) is 53.1 Å². The zero-order valence-electron chi connectivity index (χ0n) is 11.6. The Bertz CT molecular complexity index is 651. The summed E-state index contributed by atoms with van der Waals surface area (Å²) in [6, 6.07) is 1.98. The highest BCUT2D eigenvalue weighted by Crippen LogP contribution is 2.37. The molecular formula is C15H14ClF2N3O. The predicted molar refractivity (Wildman–Crippen MR) is 77.7 cm³/mol. The minimum absolute atomic E-state index is 0.102. The second-order valence-electron chi connectivity index (χ2n) is 5.14. The van der Waals surface area contributed by atoms with Crippen LogP contribution in [0.3, 0.4) is 0 Å².